The van der Waals surface area contributed by atoms with E-state index in [0.29, 0.717) is 24.8 Å². The van der Waals surface area contributed by atoms with E-state index in [-0.39, 0.29) is 24.4 Å². The highest BCUT2D eigenvalue weighted by Gasteiger charge is 2.21. The van der Waals surface area contributed by atoms with Gasteiger partial charge in [0.25, 0.3) is 0 Å². The lowest BCUT2D eigenvalue weighted by molar-refractivity contribution is -0.122. The number of halogens is 3. The molecule has 0 spiro atoms. The van der Waals surface area contributed by atoms with Crippen LogP contribution in [-0.4, -0.2) is 5.91 Å². The van der Waals surface area contributed by atoms with Crippen LogP contribution in [0.25, 0.3) is 0 Å². The Bertz CT molecular complexity index is 782. The van der Waals surface area contributed by atoms with Crippen molar-refractivity contribution in [3.63, 3.8) is 0 Å². The van der Waals surface area contributed by atoms with Crippen LogP contribution in [0.2, 0.25) is 0 Å². The second kappa shape index (κ2) is 8.99. The van der Waals surface area contributed by atoms with Crippen LogP contribution in [0.15, 0.2) is 36.4 Å². The average molecular weight is 381 g/mol. The fourth-order valence-corrected chi connectivity index (χ4v) is 3.40. The summed E-state index contributed by atoms with van der Waals surface area (Å²) in [6.45, 7) is 0. The van der Waals surface area contributed by atoms with Crippen molar-refractivity contribution in [2.24, 2.45) is 0 Å². The van der Waals surface area contributed by atoms with E-state index in [9.17, 15) is 13.6 Å². The average Bonchev–Trinajstić information content (AvgIpc) is 2.58. The first-order valence-electron chi connectivity index (χ1n) is 8.64. The summed E-state index contributed by atoms with van der Waals surface area (Å²) in [4.78, 5) is 12.2. The summed E-state index contributed by atoms with van der Waals surface area (Å²) in [5.74, 6) is -1.71. The first-order valence-corrected chi connectivity index (χ1v) is 8.64. The van der Waals surface area contributed by atoms with E-state index in [0.717, 1.165) is 36.6 Å². The number of hydrogen-bond acceptors (Lipinski definition) is 2. The zero-order valence-corrected chi connectivity index (χ0v) is 15.3. The highest BCUT2D eigenvalue weighted by molar-refractivity contribution is 5.85. The molecule has 26 heavy (non-hydrogen) atoms. The van der Waals surface area contributed by atoms with Crippen LogP contribution < -0.4 is 11.1 Å². The largest absolute Gasteiger partial charge is 0.399 e. The molecular weight excluding hydrogens is 358 g/mol. The van der Waals surface area contributed by atoms with E-state index < -0.39 is 11.6 Å². The Morgan fingerprint density at radius 1 is 1.15 bits per heavy atom. The highest BCUT2D eigenvalue weighted by Crippen LogP contribution is 2.31. The minimum Gasteiger partial charge on any atom is -0.399 e. The van der Waals surface area contributed by atoms with Crippen LogP contribution >= 0.6 is 12.4 Å². The molecule has 6 heteroatoms. The monoisotopic (exact) mass is 380 g/mol. The van der Waals surface area contributed by atoms with Crippen molar-refractivity contribution in [1.82, 2.24) is 5.32 Å². The lowest BCUT2D eigenvalue weighted by Gasteiger charge is -2.26. The molecule has 2 aromatic rings. The van der Waals surface area contributed by atoms with Gasteiger partial charge in [-0.1, -0.05) is 12.1 Å². The van der Waals surface area contributed by atoms with Gasteiger partial charge in [-0.05, 0) is 73.1 Å². The third kappa shape index (κ3) is 4.94. The summed E-state index contributed by atoms with van der Waals surface area (Å²) in [5, 5.41) is 3.09. The van der Waals surface area contributed by atoms with Crippen molar-refractivity contribution < 1.29 is 13.6 Å². The first-order chi connectivity index (χ1) is 12.0. The fraction of sp³-hybridized carbons (Fsp3) is 0.350. The lowest BCUT2D eigenvalue weighted by Crippen LogP contribution is -2.30. The molecule has 3 N–H and O–H groups in total. The Balaban J connectivity index is 0.00000243. The molecule has 2 aromatic carbocycles. The van der Waals surface area contributed by atoms with Crippen molar-refractivity contribution in [3.8, 4) is 0 Å². The number of fused-ring (bicyclic) bond motifs is 1. The zero-order chi connectivity index (χ0) is 17.8. The van der Waals surface area contributed by atoms with E-state index in [1.54, 1.807) is 6.07 Å². The van der Waals surface area contributed by atoms with Gasteiger partial charge in [-0.2, -0.15) is 0 Å². The third-order valence-electron chi connectivity index (χ3n) is 4.67. The van der Waals surface area contributed by atoms with E-state index in [2.05, 4.69) is 5.32 Å². The number of nitrogen functional groups attached to an aromatic ring is 1. The standard InChI is InChI=1S/C20H22F2N2O.ClH/c21-17-10-7-13(11-18(17)22)3-1-6-20(25)24-19-5-2-4-14-12-15(23)8-9-16(14)19;/h7-12,19H,1-6,23H2,(H,24,25);1H. The summed E-state index contributed by atoms with van der Waals surface area (Å²) in [6.07, 6.45) is 4.44. The fourth-order valence-electron chi connectivity index (χ4n) is 3.40. The Labute approximate surface area is 158 Å². The SMILES string of the molecule is Cl.Nc1ccc2c(c1)CCCC2NC(=O)CCCc1ccc(F)c(F)c1. The molecule has 0 heterocycles. The van der Waals surface area contributed by atoms with Gasteiger partial charge in [-0.3, -0.25) is 4.79 Å². The van der Waals surface area contributed by atoms with Gasteiger partial charge in [0.15, 0.2) is 11.6 Å². The summed E-state index contributed by atoms with van der Waals surface area (Å²) < 4.78 is 26.1. The van der Waals surface area contributed by atoms with Crippen molar-refractivity contribution in [1.29, 1.82) is 0 Å². The predicted octanol–water partition coefficient (Wildman–Crippen LogP) is 4.49. The summed E-state index contributed by atoms with van der Waals surface area (Å²) in [6, 6.07) is 9.74. The Hall–Kier alpha value is -2.14. The van der Waals surface area contributed by atoms with Crippen LogP contribution in [0.4, 0.5) is 14.5 Å². The number of nitrogens with two attached hydrogens (primary N) is 1. The number of benzene rings is 2. The minimum atomic E-state index is -0.849. The van der Waals surface area contributed by atoms with Gasteiger partial charge in [0, 0.05) is 12.1 Å². The molecule has 1 aliphatic carbocycles. The van der Waals surface area contributed by atoms with Gasteiger partial charge in [0.1, 0.15) is 0 Å². The number of rotatable bonds is 5. The zero-order valence-electron chi connectivity index (χ0n) is 14.4. The predicted molar refractivity (Wildman–Crippen MR) is 101 cm³/mol. The number of aryl methyl sites for hydroxylation is 2. The molecular formula is C20H23ClF2N2O. The quantitative estimate of drug-likeness (QED) is 0.751. The number of carbonyl (C=O) groups is 1. The van der Waals surface area contributed by atoms with E-state index >= 15 is 0 Å². The topological polar surface area (TPSA) is 55.1 Å². The molecule has 1 atom stereocenters. The summed E-state index contributed by atoms with van der Waals surface area (Å²) >= 11 is 0. The number of hydrogen-bond donors (Lipinski definition) is 2. The normalized spacial score (nSPS) is 15.7. The van der Waals surface area contributed by atoms with Crippen LogP contribution in [0.1, 0.15) is 48.4 Å². The lowest BCUT2D eigenvalue weighted by atomic mass is 9.87. The van der Waals surface area contributed by atoms with Crippen LogP contribution in [0, 0.1) is 11.6 Å². The van der Waals surface area contributed by atoms with Crippen molar-refractivity contribution in [2.45, 2.75) is 44.6 Å². The Morgan fingerprint density at radius 2 is 1.96 bits per heavy atom. The molecule has 140 valence electrons. The van der Waals surface area contributed by atoms with Crippen LogP contribution in [-0.2, 0) is 17.6 Å². The smallest absolute Gasteiger partial charge is 0.220 e. The van der Waals surface area contributed by atoms with E-state index in [1.807, 2.05) is 18.2 Å². The maximum atomic E-state index is 13.2. The molecule has 0 saturated heterocycles. The molecule has 1 amide bonds. The molecule has 0 fully saturated rings. The van der Waals surface area contributed by atoms with Gasteiger partial charge in [-0.25, -0.2) is 8.78 Å². The van der Waals surface area contributed by atoms with Crippen LogP contribution in [0.5, 0.6) is 0 Å². The summed E-state index contributed by atoms with van der Waals surface area (Å²) in [5.41, 5.74) is 9.63. The van der Waals surface area contributed by atoms with Crippen molar-refractivity contribution in [2.75, 3.05) is 5.73 Å². The van der Waals surface area contributed by atoms with Gasteiger partial charge in [0.05, 0.1) is 6.04 Å². The maximum Gasteiger partial charge on any atom is 0.220 e. The second-order valence-corrected chi connectivity index (χ2v) is 6.57. The first kappa shape index (κ1) is 20.2. The molecule has 0 aromatic heterocycles. The molecule has 0 saturated carbocycles. The molecule has 0 radical (unpaired) electrons. The van der Waals surface area contributed by atoms with Crippen LogP contribution in [0.3, 0.4) is 0 Å². The Kier molecular flexibility index (Phi) is 6.98. The molecule has 0 bridgehead atoms. The van der Waals surface area contributed by atoms with Gasteiger partial charge in [-0.15, -0.1) is 12.4 Å². The van der Waals surface area contributed by atoms with Gasteiger partial charge < -0.3 is 11.1 Å². The molecule has 1 unspecified atom stereocenters. The number of amides is 1. The third-order valence-corrected chi connectivity index (χ3v) is 4.67. The molecule has 0 aliphatic heterocycles. The van der Waals surface area contributed by atoms with E-state index in [4.69, 9.17) is 5.73 Å². The van der Waals surface area contributed by atoms with E-state index in [1.165, 1.54) is 11.6 Å². The maximum absolute atomic E-state index is 13.2. The molecule has 3 nitrogen and oxygen atoms in total. The highest BCUT2D eigenvalue weighted by atomic mass is 35.5. The second-order valence-electron chi connectivity index (χ2n) is 6.57. The number of carbonyl (C=O) groups excluding carboxylic acids is 1. The van der Waals surface area contributed by atoms with Gasteiger partial charge in [0.2, 0.25) is 5.91 Å². The van der Waals surface area contributed by atoms with Crippen molar-refractivity contribution in [3.05, 3.63) is 64.7 Å². The minimum absolute atomic E-state index is 0. The van der Waals surface area contributed by atoms with Crippen molar-refractivity contribution >= 4 is 24.0 Å². The Morgan fingerprint density at radius 3 is 2.73 bits per heavy atom. The van der Waals surface area contributed by atoms with Gasteiger partial charge >= 0.3 is 0 Å². The molecule has 1 aliphatic rings. The summed E-state index contributed by atoms with van der Waals surface area (Å²) in [7, 11) is 0. The molecule has 3 rings (SSSR count). The number of nitrogens with one attached hydrogen (secondary N) is 1. The number of anilines is 1.